The molecule has 2 rings (SSSR count). The van der Waals surface area contributed by atoms with E-state index in [-0.39, 0.29) is 0 Å². The number of allylic oxidation sites excluding steroid dienone is 4. The minimum Gasteiger partial charge on any atom is -0.497 e. The summed E-state index contributed by atoms with van der Waals surface area (Å²) in [5.74, 6) is 2.90. The molecule has 2 aliphatic rings. The number of methoxy groups -OCH3 is 2. The maximum Gasteiger partial charge on any atom is 0.120 e. The van der Waals surface area contributed by atoms with Gasteiger partial charge in [0.25, 0.3) is 0 Å². The summed E-state index contributed by atoms with van der Waals surface area (Å²) >= 11 is 0. The number of hydrogen-bond acceptors (Lipinski definition) is 2. The zero-order valence-corrected chi connectivity index (χ0v) is 13.7. The van der Waals surface area contributed by atoms with Gasteiger partial charge in [0.2, 0.25) is 0 Å². The minimum atomic E-state index is 0.297. The van der Waals surface area contributed by atoms with Crippen LogP contribution in [0, 0.1) is 17.8 Å². The zero-order valence-electron chi connectivity index (χ0n) is 13.7. The van der Waals surface area contributed by atoms with Gasteiger partial charge in [-0.15, -0.1) is 0 Å². The molecule has 0 saturated heterocycles. The molecule has 4 atom stereocenters. The highest BCUT2D eigenvalue weighted by Gasteiger charge is 2.32. The molecule has 112 valence electrons. The van der Waals surface area contributed by atoms with Crippen LogP contribution in [0.4, 0.5) is 0 Å². The maximum atomic E-state index is 5.62. The molecule has 2 aliphatic carbocycles. The van der Waals surface area contributed by atoms with E-state index in [0.29, 0.717) is 23.9 Å². The second-order valence-electron chi connectivity index (χ2n) is 6.48. The van der Waals surface area contributed by atoms with E-state index >= 15 is 0 Å². The second-order valence-corrected chi connectivity index (χ2v) is 6.48. The zero-order chi connectivity index (χ0) is 14.9. The van der Waals surface area contributed by atoms with Crippen molar-refractivity contribution in [3.63, 3.8) is 0 Å². The van der Waals surface area contributed by atoms with Gasteiger partial charge in [-0.25, -0.2) is 0 Å². The summed E-state index contributed by atoms with van der Waals surface area (Å²) in [6.07, 6.45) is 7.46. The van der Waals surface area contributed by atoms with Crippen LogP contribution in [-0.2, 0) is 9.47 Å². The molecule has 0 spiro atoms. The summed E-state index contributed by atoms with van der Waals surface area (Å²) in [7, 11) is 3.59. The molecule has 0 N–H and O–H groups in total. The van der Waals surface area contributed by atoms with Crippen molar-refractivity contribution in [2.24, 2.45) is 17.8 Å². The first-order chi connectivity index (χ1) is 9.47. The topological polar surface area (TPSA) is 18.5 Å². The minimum absolute atomic E-state index is 0.297. The first kappa shape index (κ1) is 15.4. The normalized spacial score (nSPS) is 34.7. The summed E-state index contributed by atoms with van der Waals surface area (Å²) in [6, 6.07) is 0. The monoisotopic (exact) mass is 276 g/mol. The van der Waals surface area contributed by atoms with Crippen molar-refractivity contribution in [2.75, 3.05) is 14.2 Å². The van der Waals surface area contributed by atoms with E-state index in [1.54, 1.807) is 7.11 Å². The molecule has 20 heavy (non-hydrogen) atoms. The van der Waals surface area contributed by atoms with E-state index in [2.05, 4.69) is 39.8 Å². The van der Waals surface area contributed by atoms with Crippen LogP contribution < -0.4 is 0 Å². The molecule has 4 unspecified atom stereocenters. The van der Waals surface area contributed by atoms with Crippen LogP contribution in [0.15, 0.2) is 34.6 Å². The third kappa shape index (κ3) is 2.85. The Kier molecular flexibility index (Phi) is 4.74. The van der Waals surface area contributed by atoms with E-state index in [1.165, 1.54) is 23.1 Å². The molecule has 2 nitrogen and oxygen atoms in total. The highest BCUT2D eigenvalue weighted by atomic mass is 16.5. The highest BCUT2D eigenvalue weighted by molar-refractivity contribution is 5.34. The van der Waals surface area contributed by atoms with Gasteiger partial charge in [0, 0.05) is 7.11 Å². The van der Waals surface area contributed by atoms with E-state index in [4.69, 9.17) is 9.47 Å². The van der Waals surface area contributed by atoms with Crippen molar-refractivity contribution < 1.29 is 9.47 Å². The predicted molar refractivity (Wildman–Crippen MR) is 83.4 cm³/mol. The van der Waals surface area contributed by atoms with Gasteiger partial charge < -0.3 is 9.47 Å². The SMILES string of the molecule is COC1=C(C)CC(C2C=C(C)C(OC)C(C)C2)C=C1C. The van der Waals surface area contributed by atoms with Gasteiger partial charge in [0.15, 0.2) is 0 Å². The largest absolute Gasteiger partial charge is 0.497 e. The number of rotatable bonds is 3. The third-order valence-corrected chi connectivity index (χ3v) is 4.85. The first-order valence-electron chi connectivity index (χ1n) is 7.61. The fourth-order valence-corrected chi connectivity index (χ4v) is 4.07. The molecule has 0 fully saturated rings. The van der Waals surface area contributed by atoms with Crippen molar-refractivity contribution in [1.82, 2.24) is 0 Å². The average Bonchev–Trinajstić information content (AvgIpc) is 2.37. The maximum absolute atomic E-state index is 5.62. The van der Waals surface area contributed by atoms with Crippen LogP contribution in [0.3, 0.4) is 0 Å². The van der Waals surface area contributed by atoms with Gasteiger partial charge in [-0.05, 0) is 68.1 Å². The molecule has 2 heteroatoms. The molecule has 0 aromatic heterocycles. The summed E-state index contributed by atoms with van der Waals surface area (Å²) in [5.41, 5.74) is 4.06. The van der Waals surface area contributed by atoms with Gasteiger partial charge >= 0.3 is 0 Å². The smallest absolute Gasteiger partial charge is 0.120 e. The predicted octanol–water partition coefficient (Wildman–Crippen LogP) is 4.49. The van der Waals surface area contributed by atoms with E-state index in [1.807, 2.05) is 7.11 Å². The standard InChI is InChI=1S/C18H28O2/c1-11-7-15(8-12(2)17(11)19-5)16-9-13(3)18(20-6)14(4)10-16/h7,9,12,15-17H,8,10H2,1-6H3. The molecule has 0 aromatic carbocycles. The molecule has 0 saturated carbocycles. The first-order valence-corrected chi connectivity index (χ1v) is 7.61. The van der Waals surface area contributed by atoms with Gasteiger partial charge in [0.1, 0.15) is 5.76 Å². The Morgan fingerprint density at radius 1 is 1.05 bits per heavy atom. The van der Waals surface area contributed by atoms with Gasteiger partial charge in [-0.2, -0.15) is 0 Å². The Morgan fingerprint density at radius 2 is 1.75 bits per heavy atom. The quantitative estimate of drug-likeness (QED) is 0.707. The van der Waals surface area contributed by atoms with E-state index in [9.17, 15) is 0 Å². The summed E-state index contributed by atoms with van der Waals surface area (Å²) in [6.45, 7) is 8.87. The van der Waals surface area contributed by atoms with Crippen LogP contribution in [0.5, 0.6) is 0 Å². The van der Waals surface area contributed by atoms with Crippen molar-refractivity contribution >= 4 is 0 Å². The van der Waals surface area contributed by atoms with Gasteiger partial charge in [0.05, 0.1) is 13.2 Å². The summed E-state index contributed by atoms with van der Waals surface area (Å²) < 4.78 is 11.1. The van der Waals surface area contributed by atoms with Gasteiger partial charge in [-0.3, -0.25) is 0 Å². The van der Waals surface area contributed by atoms with Crippen LogP contribution in [0.25, 0.3) is 0 Å². The fraction of sp³-hybridized carbons (Fsp3) is 0.667. The fourth-order valence-electron chi connectivity index (χ4n) is 4.07. The van der Waals surface area contributed by atoms with E-state index in [0.717, 1.165) is 12.2 Å². The molecule has 0 aliphatic heterocycles. The van der Waals surface area contributed by atoms with E-state index < -0.39 is 0 Å². The van der Waals surface area contributed by atoms with Crippen LogP contribution >= 0.6 is 0 Å². The lowest BCUT2D eigenvalue weighted by molar-refractivity contribution is 0.0671. The lowest BCUT2D eigenvalue weighted by Gasteiger charge is -2.36. The Bertz CT molecular complexity index is 456. The van der Waals surface area contributed by atoms with Crippen LogP contribution in [-0.4, -0.2) is 20.3 Å². The average molecular weight is 276 g/mol. The van der Waals surface area contributed by atoms with Gasteiger partial charge in [-0.1, -0.05) is 19.1 Å². The Morgan fingerprint density at radius 3 is 2.25 bits per heavy atom. The number of hydrogen-bond donors (Lipinski definition) is 0. The molecule has 0 aromatic rings. The Balaban J connectivity index is 2.19. The van der Waals surface area contributed by atoms with Crippen LogP contribution in [0.2, 0.25) is 0 Å². The lowest BCUT2D eigenvalue weighted by Crippen LogP contribution is -2.31. The molecule has 0 heterocycles. The molecular weight excluding hydrogens is 248 g/mol. The highest BCUT2D eigenvalue weighted by Crippen LogP contribution is 2.40. The molecular formula is C18H28O2. The summed E-state index contributed by atoms with van der Waals surface area (Å²) in [4.78, 5) is 0. The number of ether oxygens (including phenoxy) is 2. The van der Waals surface area contributed by atoms with Crippen molar-refractivity contribution in [2.45, 2.75) is 46.6 Å². The molecule has 0 bridgehead atoms. The molecule has 0 radical (unpaired) electrons. The van der Waals surface area contributed by atoms with Crippen LogP contribution in [0.1, 0.15) is 40.5 Å². The summed E-state index contributed by atoms with van der Waals surface area (Å²) in [5, 5.41) is 0. The Hall–Kier alpha value is -1.02. The van der Waals surface area contributed by atoms with Crippen molar-refractivity contribution in [3.05, 3.63) is 34.6 Å². The third-order valence-electron chi connectivity index (χ3n) is 4.85. The Labute approximate surface area is 123 Å². The van der Waals surface area contributed by atoms with Crippen molar-refractivity contribution in [1.29, 1.82) is 0 Å². The molecule has 0 amide bonds. The van der Waals surface area contributed by atoms with Crippen molar-refractivity contribution in [3.8, 4) is 0 Å². The second kappa shape index (κ2) is 6.17. The lowest BCUT2D eigenvalue weighted by atomic mass is 9.72.